The Hall–Kier alpha value is -2.79. The molecular weight excluding hydrogens is 410 g/mol. The molecule has 1 fully saturated rings. The summed E-state index contributed by atoms with van der Waals surface area (Å²) in [6, 6.07) is 15.9. The summed E-state index contributed by atoms with van der Waals surface area (Å²) in [7, 11) is 4.12. The van der Waals surface area contributed by atoms with Crippen LogP contribution in [0.3, 0.4) is 0 Å². The van der Waals surface area contributed by atoms with Crippen molar-refractivity contribution in [3.63, 3.8) is 0 Å². The second kappa shape index (κ2) is 9.22. The van der Waals surface area contributed by atoms with Gasteiger partial charge in [0.05, 0.1) is 0 Å². The van der Waals surface area contributed by atoms with Crippen LogP contribution in [0.4, 0.5) is 5.69 Å². The first kappa shape index (κ1) is 22.0. The average Bonchev–Trinajstić information content (AvgIpc) is 3.31. The number of hydrogen-bond donors (Lipinski definition) is 1. The van der Waals surface area contributed by atoms with Crippen LogP contribution in [0.5, 0.6) is 5.75 Å². The van der Waals surface area contributed by atoms with Crippen LogP contribution in [0.25, 0.3) is 0 Å². The van der Waals surface area contributed by atoms with Crippen LogP contribution in [0.2, 0.25) is 0 Å². The van der Waals surface area contributed by atoms with E-state index in [0.29, 0.717) is 18.6 Å². The fourth-order valence-electron chi connectivity index (χ4n) is 5.67. The summed E-state index contributed by atoms with van der Waals surface area (Å²) in [6.07, 6.45) is 8.20. The van der Waals surface area contributed by atoms with Gasteiger partial charge in [0.25, 0.3) is 5.91 Å². The van der Waals surface area contributed by atoms with Gasteiger partial charge in [0, 0.05) is 44.0 Å². The van der Waals surface area contributed by atoms with Gasteiger partial charge in [-0.2, -0.15) is 0 Å². The van der Waals surface area contributed by atoms with Crippen molar-refractivity contribution in [3.8, 4) is 5.75 Å². The summed E-state index contributed by atoms with van der Waals surface area (Å²) in [4.78, 5) is 17.1. The van der Waals surface area contributed by atoms with Crippen molar-refractivity contribution in [1.29, 1.82) is 0 Å². The normalized spacial score (nSPS) is 22.9. The Balaban J connectivity index is 1.47. The Morgan fingerprint density at radius 3 is 2.67 bits per heavy atom. The Morgan fingerprint density at radius 1 is 1.12 bits per heavy atom. The van der Waals surface area contributed by atoms with Gasteiger partial charge >= 0.3 is 0 Å². The molecular formula is C28H35N3O2. The van der Waals surface area contributed by atoms with Crippen LogP contribution < -0.4 is 15.0 Å². The molecule has 3 heterocycles. The lowest BCUT2D eigenvalue weighted by atomic mass is 9.92. The van der Waals surface area contributed by atoms with E-state index >= 15 is 0 Å². The molecule has 0 aromatic heterocycles. The highest BCUT2D eigenvalue weighted by Crippen LogP contribution is 2.40. The third kappa shape index (κ3) is 4.39. The van der Waals surface area contributed by atoms with Gasteiger partial charge < -0.3 is 15.0 Å². The maximum atomic E-state index is 12.2. The third-order valence-electron chi connectivity index (χ3n) is 7.44. The third-order valence-corrected chi connectivity index (χ3v) is 7.44. The van der Waals surface area contributed by atoms with E-state index in [1.165, 1.54) is 37.1 Å². The van der Waals surface area contributed by atoms with Gasteiger partial charge in [0.1, 0.15) is 11.9 Å². The van der Waals surface area contributed by atoms with Gasteiger partial charge in [0.15, 0.2) is 0 Å². The van der Waals surface area contributed by atoms with Gasteiger partial charge in [-0.15, -0.1) is 0 Å². The largest absolute Gasteiger partial charge is 0.481 e. The molecule has 5 rings (SSSR count). The Labute approximate surface area is 197 Å². The molecule has 2 bridgehead atoms. The lowest BCUT2D eigenvalue weighted by Gasteiger charge is -2.29. The molecule has 0 aliphatic carbocycles. The van der Waals surface area contributed by atoms with E-state index in [9.17, 15) is 4.79 Å². The van der Waals surface area contributed by atoms with Crippen LogP contribution in [-0.2, 0) is 6.54 Å². The van der Waals surface area contributed by atoms with Gasteiger partial charge in [-0.05, 0) is 79.6 Å². The zero-order valence-corrected chi connectivity index (χ0v) is 20.0. The number of hydrogen-bond acceptors (Lipinski definition) is 4. The predicted octanol–water partition coefficient (Wildman–Crippen LogP) is 5.08. The van der Waals surface area contributed by atoms with Gasteiger partial charge in [0.2, 0.25) is 0 Å². The summed E-state index contributed by atoms with van der Waals surface area (Å²) < 4.78 is 6.69. The molecule has 0 radical (unpaired) electrons. The molecule has 3 atom stereocenters. The maximum absolute atomic E-state index is 12.2. The van der Waals surface area contributed by atoms with E-state index in [-0.39, 0.29) is 12.0 Å². The van der Waals surface area contributed by atoms with Gasteiger partial charge in [-0.1, -0.05) is 31.2 Å². The zero-order valence-electron chi connectivity index (χ0n) is 20.0. The van der Waals surface area contributed by atoms with E-state index in [0.717, 1.165) is 35.3 Å². The summed E-state index contributed by atoms with van der Waals surface area (Å²) in [5.74, 6) is 0.747. The number of carbonyl (C=O) groups excluding carboxylic acids is 1. The fraction of sp³-hybridized carbons (Fsp3) is 0.464. The van der Waals surface area contributed by atoms with Crippen molar-refractivity contribution in [1.82, 2.24) is 10.2 Å². The number of anilines is 1. The first-order valence-electron chi connectivity index (χ1n) is 12.3. The van der Waals surface area contributed by atoms with Crippen molar-refractivity contribution in [2.75, 3.05) is 25.5 Å². The highest BCUT2D eigenvalue weighted by Gasteiger charge is 2.36. The Bertz CT molecular complexity index is 1040. The monoisotopic (exact) mass is 445 g/mol. The molecule has 174 valence electrons. The van der Waals surface area contributed by atoms with Crippen molar-refractivity contribution in [2.24, 2.45) is 0 Å². The number of fused-ring (bicyclic) bond motifs is 3. The number of amides is 1. The summed E-state index contributed by atoms with van der Waals surface area (Å²) >= 11 is 0. The Morgan fingerprint density at radius 2 is 1.91 bits per heavy atom. The second-order valence-electron chi connectivity index (χ2n) is 9.83. The topological polar surface area (TPSA) is 44.8 Å². The van der Waals surface area contributed by atoms with Crippen molar-refractivity contribution < 1.29 is 9.53 Å². The molecule has 1 N–H and O–H groups in total. The smallest absolute Gasteiger partial charge is 0.252 e. The second-order valence-corrected chi connectivity index (χ2v) is 9.83. The lowest BCUT2D eigenvalue weighted by Crippen LogP contribution is -2.35. The lowest BCUT2D eigenvalue weighted by molar-refractivity contribution is 0.0965. The van der Waals surface area contributed by atoms with Gasteiger partial charge in [-0.25, -0.2) is 0 Å². The minimum atomic E-state index is -0.147. The number of benzene rings is 2. The standard InChI is InChI=1S/C28H35N3O2/c1-4-15-31-23-11-7-20(16-24(31)13-12-23)27(19-5-9-22(10-6-19)30(2)3)33-25-14-8-21-18-29-28(32)26(21)17-25/h5-10,14,17,23-24,27H,4,11-13,15-16,18H2,1-3H3,(H,29,32). The average molecular weight is 446 g/mol. The number of rotatable bonds is 7. The number of ether oxygens (including phenoxy) is 1. The molecule has 3 aliphatic heterocycles. The molecule has 33 heavy (non-hydrogen) atoms. The first-order chi connectivity index (χ1) is 16.0. The van der Waals surface area contributed by atoms with E-state index in [4.69, 9.17) is 4.74 Å². The van der Waals surface area contributed by atoms with Crippen LogP contribution >= 0.6 is 0 Å². The molecule has 3 aliphatic rings. The quantitative estimate of drug-likeness (QED) is 0.604. The highest BCUT2D eigenvalue weighted by atomic mass is 16.5. The first-order valence-corrected chi connectivity index (χ1v) is 12.3. The molecule has 1 amide bonds. The summed E-state index contributed by atoms with van der Waals surface area (Å²) in [5, 5.41) is 2.90. The summed E-state index contributed by atoms with van der Waals surface area (Å²) in [5.41, 5.74) is 5.48. The molecule has 2 aromatic carbocycles. The van der Waals surface area contributed by atoms with Crippen LogP contribution in [0.1, 0.15) is 66.6 Å². The van der Waals surface area contributed by atoms with E-state index < -0.39 is 0 Å². The van der Waals surface area contributed by atoms with E-state index in [2.05, 4.69) is 66.5 Å². The molecule has 0 spiro atoms. The molecule has 5 heteroatoms. The van der Waals surface area contributed by atoms with Crippen LogP contribution in [0.15, 0.2) is 54.1 Å². The zero-order chi connectivity index (χ0) is 22.9. The molecule has 0 saturated carbocycles. The van der Waals surface area contributed by atoms with Crippen molar-refractivity contribution in [3.05, 3.63) is 70.8 Å². The number of nitrogens with one attached hydrogen (secondary N) is 1. The summed E-state index contributed by atoms with van der Waals surface area (Å²) in [6.45, 7) is 4.06. The van der Waals surface area contributed by atoms with Crippen molar-refractivity contribution >= 4 is 11.6 Å². The number of carbonyl (C=O) groups is 1. The Kier molecular flexibility index (Phi) is 6.15. The minimum absolute atomic E-state index is 0.0106. The van der Waals surface area contributed by atoms with Crippen LogP contribution in [0, 0.1) is 0 Å². The van der Waals surface area contributed by atoms with Gasteiger partial charge in [-0.3, -0.25) is 9.69 Å². The van der Waals surface area contributed by atoms with Crippen molar-refractivity contribution in [2.45, 2.75) is 63.8 Å². The molecule has 2 aromatic rings. The van der Waals surface area contributed by atoms with E-state index in [1.54, 1.807) is 0 Å². The maximum Gasteiger partial charge on any atom is 0.252 e. The van der Waals surface area contributed by atoms with Crippen LogP contribution in [-0.4, -0.2) is 43.5 Å². The molecule has 1 saturated heterocycles. The molecule has 3 unspecified atom stereocenters. The highest BCUT2D eigenvalue weighted by molar-refractivity contribution is 5.98. The number of nitrogens with zero attached hydrogens (tertiary/aromatic N) is 2. The minimum Gasteiger partial charge on any atom is -0.481 e. The van der Waals surface area contributed by atoms with E-state index in [1.807, 2.05) is 18.2 Å². The molecule has 5 nitrogen and oxygen atoms in total. The SMILES string of the molecule is CCCN1C2CC=C(C(Oc3ccc4c(c3)C(=O)NC4)c3ccc(N(C)C)cc3)CC1CC2. The fourth-order valence-corrected chi connectivity index (χ4v) is 5.67. The predicted molar refractivity (Wildman–Crippen MR) is 133 cm³/mol.